The summed E-state index contributed by atoms with van der Waals surface area (Å²) in [6.45, 7) is 12.6. The third-order valence-electron chi connectivity index (χ3n) is 19.9. The van der Waals surface area contributed by atoms with Gasteiger partial charge >= 0.3 is 5.97 Å². The summed E-state index contributed by atoms with van der Waals surface area (Å²) in [6, 6.07) is 3.26. The number of primary amides is 1. The van der Waals surface area contributed by atoms with Gasteiger partial charge in [0.15, 0.2) is 34.9 Å². The number of carboxylic acids is 1. The van der Waals surface area contributed by atoms with Crippen molar-refractivity contribution in [2.45, 2.75) is 213 Å². The van der Waals surface area contributed by atoms with Gasteiger partial charge in [0.1, 0.15) is 19.3 Å². The second-order valence-corrected chi connectivity index (χ2v) is 33.8. The van der Waals surface area contributed by atoms with E-state index in [1.807, 2.05) is 27.7 Å². The van der Waals surface area contributed by atoms with E-state index in [0.29, 0.717) is 49.3 Å². The van der Waals surface area contributed by atoms with Gasteiger partial charge in [0, 0.05) is 112 Å². The first-order chi connectivity index (χ1) is 55.2. The molecule has 35 nitrogen and oxygen atoms in total. The van der Waals surface area contributed by atoms with Gasteiger partial charge in [-0.2, -0.15) is 0 Å². The average Bonchev–Trinajstić information content (AvgIpc) is 0.972. The number of benzene rings is 1. The number of carboxylic acid groups (broad SMARTS) is 1. The summed E-state index contributed by atoms with van der Waals surface area (Å²) in [4.78, 5) is 195. The minimum atomic E-state index is -1.54. The van der Waals surface area contributed by atoms with Crippen molar-refractivity contribution < 1.29 is 102 Å². The molecule has 1 unspecified atom stereocenters. The van der Waals surface area contributed by atoms with E-state index in [0.717, 1.165) is 59.0 Å². The molecule has 2 fully saturated rings. The summed E-state index contributed by atoms with van der Waals surface area (Å²) in [7, 11) is 2.00. The second kappa shape index (κ2) is 57.9. The first-order valence-corrected chi connectivity index (χ1v) is 43.4. The number of nitrogens with zero attached hydrogens (tertiary/aromatic N) is 3. The highest BCUT2D eigenvalue weighted by molar-refractivity contribution is 8.76. The zero-order valence-electron chi connectivity index (χ0n) is 68.1. The molecule has 38 heteroatoms. The van der Waals surface area contributed by atoms with Crippen LogP contribution in [0.2, 0.25) is 0 Å². The van der Waals surface area contributed by atoms with Crippen molar-refractivity contribution in [2.24, 2.45) is 61.6 Å². The highest BCUT2D eigenvalue weighted by Crippen LogP contribution is 2.30. The summed E-state index contributed by atoms with van der Waals surface area (Å²) in [6.07, 6.45) is 3.13. The number of nitrogens with one attached hydrogen (secondary N) is 8. The minimum Gasteiger partial charge on any atom is -0.481 e. The fourth-order valence-corrected chi connectivity index (χ4v) is 15.6. The van der Waals surface area contributed by atoms with Crippen molar-refractivity contribution in [1.82, 2.24) is 42.5 Å². The number of hydrogen-bond donors (Lipinski definition) is 14. The number of ether oxygens (including phenoxy) is 4. The first-order valence-electron chi connectivity index (χ1n) is 39.7. The number of oxime groups is 2. The Morgan fingerprint density at radius 3 is 1.81 bits per heavy atom. The molecule has 2 aliphatic rings. The number of unbranched alkanes of at least 4 members (excludes halogenated alkanes) is 1. The first kappa shape index (κ1) is 102. The largest absolute Gasteiger partial charge is 0.481 e. The molecule has 0 radical (unpaired) electrons. The monoisotopic (exact) mass is 1690 g/mol. The van der Waals surface area contributed by atoms with E-state index >= 15 is 0 Å². The van der Waals surface area contributed by atoms with Crippen molar-refractivity contribution >= 4 is 133 Å². The molecule has 17 N–H and O–H groups in total. The summed E-state index contributed by atoms with van der Waals surface area (Å²) >= 11 is 0.964. The molecule has 2 aliphatic heterocycles. The predicted octanol–water partition coefficient (Wildman–Crippen LogP) is 3.17. The number of carbonyl (C=O) groups is 14. The smallest absolute Gasteiger partial charge is 0.304 e. The molecule has 2 saturated heterocycles. The lowest BCUT2D eigenvalue weighted by molar-refractivity contribution is -0.142. The maximum absolute atomic E-state index is 14.9. The van der Waals surface area contributed by atoms with Crippen LogP contribution in [0.25, 0.3) is 0 Å². The van der Waals surface area contributed by atoms with E-state index in [9.17, 15) is 82.6 Å². The van der Waals surface area contributed by atoms with E-state index in [-0.39, 0.29) is 194 Å². The van der Waals surface area contributed by atoms with Crippen molar-refractivity contribution in [3.8, 4) is 0 Å². The van der Waals surface area contributed by atoms with Crippen LogP contribution in [-0.4, -0.2) is 253 Å². The third-order valence-corrected chi connectivity index (χ3v) is 23.3. The number of aliphatic carboxylic acids is 1. The maximum atomic E-state index is 14.9. The Bertz CT molecular complexity index is 3370. The van der Waals surface area contributed by atoms with Crippen LogP contribution in [-0.2, 0) is 92.5 Å². The Hall–Kier alpha value is -8.14. The molecule has 8 atom stereocenters. The number of hydrogen-bond acceptors (Lipinski definition) is 27. The molecular weight excluding hydrogens is 1570 g/mol. The molecule has 1 aromatic carbocycles. The van der Waals surface area contributed by atoms with Crippen molar-refractivity contribution in [3.05, 3.63) is 35.9 Å². The van der Waals surface area contributed by atoms with Crippen LogP contribution in [0.3, 0.4) is 0 Å². The van der Waals surface area contributed by atoms with E-state index in [1.54, 1.807) is 44.2 Å². The number of amides is 8. The van der Waals surface area contributed by atoms with E-state index in [2.05, 4.69) is 57.8 Å². The predicted molar refractivity (Wildman–Crippen MR) is 442 cm³/mol. The average molecular weight is 1690 g/mol. The molecule has 0 aromatic heterocycles. The SMILES string of the molecule is C/C(=N\O)C(C)(C)CCCC(CCNC(=O)CCCC(=O)NCCCC[C@@H]1NC(=O)CSC[C@@H](C(=O)CCCOCCOCCOCCCC(=O)COCC(N)=O)NC(=O)[C@H](Cc2ccccc2)CC(=O)[C@@H]2CSSC[C@H](NC1=O)C(=O)C[C@@H](CCCN=C(N)N)C(=O)NCC(=O)C[C@@H](CC(=O)O)C(=O)N2)CCNC(C)(C)/C(C)=N/O. The number of rotatable bonds is 49. The van der Waals surface area contributed by atoms with Gasteiger partial charge in [0.25, 0.3) is 0 Å². The van der Waals surface area contributed by atoms with Crippen molar-refractivity contribution in [3.63, 3.8) is 0 Å². The normalized spacial score (nSPS) is 20.2. The number of aliphatic imine (C=N–C) groups is 1. The van der Waals surface area contributed by atoms with Gasteiger partial charge in [-0.25, -0.2) is 0 Å². The van der Waals surface area contributed by atoms with Gasteiger partial charge < -0.3 is 94.2 Å². The van der Waals surface area contributed by atoms with Gasteiger partial charge in [0.05, 0.1) is 86.2 Å². The molecule has 1 aromatic rings. The van der Waals surface area contributed by atoms with Gasteiger partial charge in [-0.1, -0.05) is 88.9 Å². The number of ketones is 5. The Morgan fingerprint density at radius 1 is 0.595 bits per heavy atom. The lowest BCUT2D eigenvalue weighted by Crippen LogP contribution is -2.53. The molecule has 0 saturated carbocycles. The van der Waals surface area contributed by atoms with Gasteiger partial charge in [-0.15, -0.1) is 11.8 Å². The minimum absolute atomic E-state index is 0.00463. The van der Waals surface area contributed by atoms with Crippen LogP contribution < -0.4 is 59.7 Å². The number of guanidine groups is 1. The molecule has 2 bridgehead atoms. The maximum Gasteiger partial charge on any atom is 0.304 e. The zero-order valence-corrected chi connectivity index (χ0v) is 70.5. The summed E-state index contributed by atoms with van der Waals surface area (Å²) in [5, 5.41) is 58.4. The third kappa shape index (κ3) is 45.0. The summed E-state index contributed by atoms with van der Waals surface area (Å²) < 4.78 is 21.8. The topological polar surface area (TPSA) is 548 Å². The number of fused-ring (bicyclic) bond motifs is 5. The molecular formula is C78H126N14O21S3. The molecule has 0 aliphatic carbocycles. The number of carbonyl (C=O) groups excluding carboxylic acids is 13. The van der Waals surface area contributed by atoms with Crippen LogP contribution in [0.4, 0.5) is 0 Å². The Labute approximate surface area is 692 Å². The number of nitrogens with two attached hydrogens (primary N) is 3. The molecule has 0 spiro atoms. The van der Waals surface area contributed by atoms with E-state index in [1.165, 1.54) is 0 Å². The van der Waals surface area contributed by atoms with Crippen LogP contribution in [0.5, 0.6) is 0 Å². The molecule has 8 amide bonds. The van der Waals surface area contributed by atoms with E-state index < -0.39 is 144 Å². The molecule has 116 heavy (non-hydrogen) atoms. The van der Waals surface area contributed by atoms with Crippen molar-refractivity contribution in [2.75, 3.05) is 109 Å². The summed E-state index contributed by atoms with van der Waals surface area (Å²) in [5.74, 6) is -14.2. The number of thioether (sulfide) groups is 1. The second-order valence-electron chi connectivity index (χ2n) is 30.2. The lowest BCUT2D eigenvalue weighted by atomic mass is 9.81. The highest BCUT2D eigenvalue weighted by atomic mass is 33.1. The van der Waals surface area contributed by atoms with Crippen LogP contribution in [0.1, 0.15) is 182 Å². The molecule has 652 valence electrons. The lowest BCUT2D eigenvalue weighted by Gasteiger charge is -2.28. The highest BCUT2D eigenvalue weighted by Gasteiger charge is 2.37. The molecule has 2 heterocycles. The van der Waals surface area contributed by atoms with E-state index in [4.69, 9.17) is 36.1 Å². The zero-order chi connectivity index (χ0) is 85.9. The van der Waals surface area contributed by atoms with Gasteiger partial charge in [-0.05, 0) is 123 Å². The Morgan fingerprint density at radius 2 is 1.19 bits per heavy atom. The van der Waals surface area contributed by atoms with Crippen LogP contribution >= 0.6 is 33.3 Å². The standard InChI is InChI=1S/C78H126N14O21S3/c1-51(91-108)77(3,4)28-13-19-53(27-32-86-78(5,6)52(2)92-109)26-31-83-69(100)25-12-24-68(99)82-29-11-10-22-60-75(107)90-63-49-116-115-48-62(89-74(106)57(43-71(102)103)40-59(94)44-85-72(104)55(41-65(63)96)20-14-30-84-76(80)81)66(97)42-56(39-54-17-8-7-9-18-54)73(105)88-61(47-114-50-70(101)87-60)64(95)23-16-34-111-36-38-112-37-35-110-33-15-21-58(93)45-113-46-67(79)98/h7-9,17-18,53,55-57,60-63,86,108-109H,10-16,19-50H2,1-6H3,(H2,79,98)(H,82,99)(H,83,100)(H,85,104)(H,87,101)(H,88,105)(H,89,106)(H,90,107)(H,102,103)(H4,80,81,84)/b91-51+,92-52+/t53?,55-,56-,57+,60+,61+,62+,63+/m1/s1. The van der Waals surface area contributed by atoms with Crippen LogP contribution in [0, 0.1) is 29.1 Å². The number of Topliss-reactive ketones (excluding diaryl/α,β-unsaturated/α-hetero) is 5. The molecule has 3 rings (SSSR count). The Balaban J connectivity index is 1.91. The van der Waals surface area contributed by atoms with Gasteiger partial charge in [-0.3, -0.25) is 72.1 Å². The van der Waals surface area contributed by atoms with Crippen molar-refractivity contribution in [1.29, 1.82) is 0 Å². The quantitative estimate of drug-likeness (QED) is 0.0111. The fraction of sp³-hybridized carbons (Fsp3) is 0.705. The van der Waals surface area contributed by atoms with Gasteiger partial charge in [0.2, 0.25) is 47.3 Å². The Kier molecular flexibility index (Phi) is 50.9. The fourth-order valence-electron chi connectivity index (χ4n) is 12.3. The van der Waals surface area contributed by atoms with Crippen LogP contribution in [0.15, 0.2) is 45.6 Å². The summed E-state index contributed by atoms with van der Waals surface area (Å²) in [5.41, 5.74) is 17.1.